The minimum atomic E-state index is -4.69. The van der Waals surface area contributed by atoms with Gasteiger partial charge in [-0.05, 0) is 91.2 Å². The van der Waals surface area contributed by atoms with Gasteiger partial charge in [0.05, 0.1) is 44.6 Å². The lowest BCUT2D eigenvalue weighted by Gasteiger charge is -2.21. The van der Waals surface area contributed by atoms with Crippen LogP contribution in [0.2, 0.25) is 0 Å². The van der Waals surface area contributed by atoms with Crippen LogP contribution in [0.5, 0.6) is 0 Å². The molecule has 246 valence electrons. The molecule has 0 aliphatic rings. The molecule has 0 fully saturated rings. The standard InChI is InChI=1S/C41H25F6N3/c1-23-14-16-35-29(18-23)27-9-3-5-12-33(27)49(35)37-19-25(39-24(2)8-7-11-32(39)41(45,46)47)20-38(31(37)22-48)50-34-13-6-4-10-28(34)30-21-26(40(42,43)44)15-17-36(30)50/h3-21H,1-2H3. The molecule has 8 rings (SSSR count). The van der Waals surface area contributed by atoms with Gasteiger partial charge >= 0.3 is 12.4 Å². The average molecular weight is 674 g/mol. The minimum Gasteiger partial charge on any atom is -0.308 e. The molecule has 0 aliphatic carbocycles. The molecule has 8 aromatic rings. The molecule has 0 unspecified atom stereocenters. The minimum absolute atomic E-state index is 0.0521. The second-order valence-corrected chi connectivity index (χ2v) is 12.5. The van der Waals surface area contributed by atoms with E-state index in [2.05, 4.69) is 6.07 Å². The van der Waals surface area contributed by atoms with Crippen molar-refractivity contribution in [2.24, 2.45) is 0 Å². The summed E-state index contributed by atoms with van der Waals surface area (Å²) in [5, 5.41) is 13.6. The summed E-state index contributed by atoms with van der Waals surface area (Å²) in [6, 6.07) is 33.3. The van der Waals surface area contributed by atoms with Gasteiger partial charge in [-0.1, -0.05) is 60.2 Å². The summed E-state index contributed by atoms with van der Waals surface area (Å²) in [7, 11) is 0. The lowest BCUT2D eigenvalue weighted by Crippen LogP contribution is -2.10. The van der Waals surface area contributed by atoms with E-state index in [4.69, 9.17) is 0 Å². The van der Waals surface area contributed by atoms with E-state index in [1.807, 2.05) is 54.0 Å². The number of nitriles is 1. The maximum Gasteiger partial charge on any atom is 0.417 e. The summed E-state index contributed by atoms with van der Waals surface area (Å²) >= 11 is 0. The van der Waals surface area contributed by atoms with Crippen LogP contribution in [0.25, 0.3) is 66.1 Å². The molecular formula is C41H25F6N3. The highest BCUT2D eigenvalue weighted by atomic mass is 19.4. The SMILES string of the molecule is Cc1ccc2c(c1)c1ccccc1n2-c1cc(-c2c(C)cccc2C(F)(F)F)cc(-n2c3ccccc3c3cc(C(F)(F)F)ccc32)c1C#N. The third kappa shape index (κ3) is 4.74. The lowest BCUT2D eigenvalue weighted by atomic mass is 9.92. The third-order valence-electron chi connectivity index (χ3n) is 9.39. The number of nitrogens with zero attached hydrogens (tertiary/aromatic N) is 3. The number of alkyl halides is 6. The fourth-order valence-electron chi connectivity index (χ4n) is 7.27. The van der Waals surface area contributed by atoms with E-state index in [-0.39, 0.29) is 22.4 Å². The highest BCUT2D eigenvalue weighted by Crippen LogP contribution is 2.44. The van der Waals surface area contributed by atoms with Gasteiger partial charge in [-0.2, -0.15) is 31.6 Å². The first kappa shape index (κ1) is 31.3. The number of halogens is 6. The van der Waals surface area contributed by atoms with Crippen molar-refractivity contribution < 1.29 is 26.3 Å². The van der Waals surface area contributed by atoms with Crippen LogP contribution in [-0.2, 0) is 12.4 Å². The van der Waals surface area contributed by atoms with E-state index >= 15 is 0 Å². The van der Waals surface area contributed by atoms with Crippen molar-refractivity contribution in [3.05, 3.63) is 143 Å². The van der Waals surface area contributed by atoms with Gasteiger partial charge in [0.2, 0.25) is 0 Å². The van der Waals surface area contributed by atoms with E-state index in [1.165, 1.54) is 12.1 Å². The van der Waals surface area contributed by atoms with Crippen molar-refractivity contribution in [1.29, 1.82) is 5.26 Å². The van der Waals surface area contributed by atoms with Gasteiger partial charge in [0, 0.05) is 21.5 Å². The molecule has 6 aromatic carbocycles. The molecule has 3 nitrogen and oxygen atoms in total. The molecule has 0 atom stereocenters. The molecule has 9 heteroatoms. The number of hydrogen-bond acceptors (Lipinski definition) is 1. The molecule has 0 aliphatic heterocycles. The third-order valence-corrected chi connectivity index (χ3v) is 9.39. The zero-order valence-electron chi connectivity index (χ0n) is 26.6. The Kier molecular flexibility index (Phi) is 6.88. The maximum absolute atomic E-state index is 14.7. The predicted octanol–water partition coefficient (Wildman–Crippen LogP) is 12.1. The summed E-state index contributed by atoms with van der Waals surface area (Å²) < 4.78 is 89.3. The molecule has 0 radical (unpaired) electrons. The number of aryl methyl sites for hydroxylation is 2. The summed E-state index contributed by atoms with van der Waals surface area (Å²) in [4.78, 5) is 0. The van der Waals surface area contributed by atoms with E-state index in [0.29, 0.717) is 33.1 Å². The first-order chi connectivity index (χ1) is 23.9. The maximum atomic E-state index is 14.7. The number of hydrogen-bond donors (Lipinski definition) is 0. The Balaban J connectivity index is 1.58. The van der Waals surface area contributed by atoms with Gasteiger partial charge in [0.25, 0.3) is 0 Å². The van der Waals surface area contributed by atoms with Gasteiger partial charge in [-0.15, -0.1) is 0 Å². The first-order valence-electron chi connectivity index (χ1n) is 15.7. The van der Waals surface area contributed by atoms with E-state index in [9.17, 15) is 31.6 Å². The monoisotopic (exact) mass is 673 g/mol. The van der Waals surface area contributed by atoms with Crippen LogP contribution >= 0.6 is 0 Å². The van der Waals surface area contributed by atoms with Crippen LogP contribution in [0, 0.1) is 25.2 Å². The first-order valence-corrected chi connectivity index (χ1v) is 15.7. The Labute approximate surface area is 281 Å². The number of rotatable bonds is 3. The van der Waals surface area contributed by atoms with E-state index in [1.54, 1.807) is 54.0 Å². The normalized spacial score (nSPS) is 12.4. The number of benzene rings is 6. The number of fused-ring (bicyclic) bond motifs is 6. The Morgan fingerprint density at radius 1 is 0.540 bits per heavy atom. The summed E-state index contributed by atoms with van der Waals surface area (Å²) in [5.41, 5.74) is 2.93. The van der Waals surface area contributed by atoms with Crippen LogP contribution in [0.3, 0.4) is 0 Å². The summed E-state index contributed by atoms with van der Waals surface area (Å²) in [5.74, 6) is 0. The lowest BCUT2D eigenvalue weighted by molar-refractivity contribution is -0.138. The molecule has 0 saturated heterocycles. The molecule has 0 spiro atoms. The van der Waals surface area contributed by atoms with Crippen LogP contribution < -0.4 is 0 Å². The Morgan fingerprint density at radius 2 is 1.08 bits per heavy atom. The average Bonchev–Trinajstić information content (AvgIpc) is 3.59. The highest BCUT2D eigenvalue weighted by molar-refractivity contribution is 6.11. The molecule has 2 heterocycles. The van der Waals surface area contributed by atoms with Crippen molar-refractivity contribution in [2.75, 3.05) is 0 Å². The Morgan fingerprint density at radius 3 is 1.64 bits per heavy atom. The quantitative estimate of drug-likeness (QED) is 0.172. The van der Waals surface area contributed by atoms with Gasteiger partial charge in [-0.25, -0.2) is 0 Å². The number of para-hydroxylation sites is 2. The Bertz CT molecular complexity index is 2720. The fraction of sp³-hybridized carbons (Fsp3) is 0.0976. The summed E-state index contributed by atoms with van der Waals surface area (Å²) in [6.45, 7) is 3.57. The van der Waals surface area contributed by atoms with Gasteiger partial charge in [-0.3, -0.25) is 0 Å². The largest absolute Gasteiger partial charge is 0.417 e. The topological polar surface area (TPSA) is 33.6 Å². The second kappa shape index (κ2) is 11.0. The van der Waals surface area contributed by atoms with Crippen molar-refractivity contribution in [2.45, 2.75) is 26.2 Å². The van der Waals surface area contributed by atoms with E-state index < -0.39 is 23.5 Å². The highest BCUT2D eigenvalue weighted by Gasteiger charge is 2.35. The smallest absolute Gasteiger partial charge is 0.308 e. The molecular weight excluding hydrogens is 648 g/mol. The molecule has 0 N–H and O–H groups in total. The van der Waals surface area contributed by atoms with Gasteiger partial charge in [0.15, 0.2) is 0 Å². The Hall–Kier alpha value is -6.01. The zero-order valence-corrected chi connectivity index (χ0v) is 26.6. The van der Waals surface area contributed by atoms with Crippen molar-refractivity contribution in [3.63, 3.8) is 0 Å². The van der Waals surface area contributed by atoms with Crippen molar-refractivity contribution in [3.8, 4) is 28.6 Å². The molecule has 50 heavy (non-hydrogen) atoms. The van der Waals surface area contributed by atoms with Crippen molar-refractivity contribution >= 4 is 43.6 Å². The van der Waals surface area contributed by atoms with Gasteiger partial charge in [0.1, 0.15) is 11.6 Å². The van der Waals surface area contributed by atoms with Crippen LogP contribution in [-0.4, -0.2) is 9.13 Å². The van der Waals surface area contributed by atoms with Crippen LogP contribution in [0.1, 0.15) is 27.8 Å². The van der Waals surface area contributed by atoms with Crippen LogP contribution in [0.15, 0.2) is 115 Å². The summed E-state index contributed by atoms with van der Waals surface area (Å²) in [6.07, 6.45) is -9.29. The molecule has 0 saturated carbocycles. The van der Waals surface area contributed by atoms with Gasteiger partial charge < -0.3 is 9.13 Å². The van der Waals surface area contributed by atoms with Crippen molar-refractivity contribution in [1.82, 2.24) is 9.13 Å². The van der Waals surface area contributed by atoms with E-state index in [0.717, 1.165) is 45.6 Å². The number of aromatic nitrogens is 2. The molecule has 2 aromatic heterocycles. The van der Waals surface area contributed by atoms with Crippen LogP contribution in [0.4, 0.5) is 26.3 Å². The molecule has 0 amide bonds. The molecule has 0 bridgehead atoms. The zero-order chi connectivity index (χ0) is 35.1. The predicted molar refractivity (Wildman–Crippen MR) is 185 cm³/mol. The fourth-order valence-corrected chi connectivity index (χ4v) is 7.27. The second-order valence-electron chi connectivity index (χ2n) is 12.5.